The molecule has 0 saturated heterocycles. The fourth-order valence-corrected chi connectivity index (χ4v) is 2.70. The molecular weight excluding hydrogens is 210 g/mol. The number of hydrogen-bond donors (Lipinski definition) is 1. The first-order chi connectivity index (χ1) is 8.08. The molecular formula is C14H25N3. The maximum atomic E-state index is 4.28. The van der Waals surface area contributed by atoms with Gasteiger partial charge in [-0.25, -0.2) is 0 Å². The van der Waals surface area contributed by atoms with E-state index in [2.05, 4.69) is 31.2 Å². The molecule has 1 fully saturated rings. The highest BCUT2D eigenvalue weighted by Crippen LogP contribution is 2.29. The van der Waals surface area contributed by atoms with Gasteiger partial charge < -0.3 is 5.32 Å². The van der Waals surface area contributed by atoms with Crippen molar-refractivity contribution in [2.24, 2.45) is 18.9 Å². The minimum Gasteiger partial charge on any atom is -0.310 e. The molecule has 96 valence electrons. The third-order valence-corrected chi connectivity index (χ3v) is 4.52. The number of aromatic nitrogens is 2. The Morgan fingerprint density at radius 1 is 1.35 bits per heavy atom. The minimum atomic E-state index is 0.695. The van der Waals surface area contributed by atoms with Crippen LogP contribution >= 0.6 is 0 Å². The molecule has 1 aromatic rings. The van der Waals surface area contributed by atoms with Crippen LogP contribution < -0.4 is 5.32 Å². The first kappa shape index (κ1) is 12.6. The van der Waals surface area contributed by atoms with Gasteiger partial charge in [0.1, 0.15) is 0 Å². The summed E-state index contributed by atoms with van der Waals surface area (Å²) < 4.78 is 1.95. The van der Waals surface area contributed by atoms with Gasteiger partial charge in [-0.05, 0) is 38.0 Å². The van der Waals surface area contributed by atoms with E-state index in [0.29, 0.717) is 6.04 Å². The van der Waals surface area contributed by atoms with Crippen LogP contribution in [0.25, 0.3) is 0 Å². The molecule has 0 amide bonds. The maximum Gasteiger partial charge on any atom is 0.0537 e. The molecule has 0 aromatic carbocycles. The summed E-state index contributed by atoms with van der Waals surface area (Å²) in [6.07, 6.45) is 5.99. The quantitative estimate of drug-likeness (QED) is 0.873. The van der Waals surface area contributed by atoms with Gasteiger partial charge in [0.25, 0.3) is 0 Å². The van der Waals surface area contributed by atoms with Crippen LogP contribution in [0.2, 0.25) is 0 Å². The molecule has 3 heteroatoms. The molecule has 0 aliphatic heterocycles. The standard InChI is InChI=1S/C14H25N3/c1-10-5-6-14(7-11(10)2)15-8-13-9-16-17(4)12(13)3/h9-11,14-15H,5-8H2,1-4H3. The summed E-state index contributed by atoms with van der Waals surface area (Å²) >= 11 is 0. The molecule has 1 aliphatic carbocycles. The van der Waals surface area contributed by atoms with Crippen molar-refractivity contribution < 1.29 is 0 Å². The zero-order valence-corrected chi connectivity index (χ0v) is 11.5. The number of rotatable bonds is 3. The van der Waals surface area contributed by atoms with Gasteiger partial charge in [-0.2, -0.15) is 5.10 Å². The number of nitrogens with zero attached hydrogens (tertiary/aromatic N) is 2. The van der Waals surface area contributed by atoms with E-state index in [-0.39, 0.29) is 0 Å². The second-order valence-corrected chi connectivity index (χ2v) is 5.72. The lowest BCUT2D eigenvalue weighted by Crippen LogP contribution is -2.35. The largest absolute Gasteiger partial charge is 0.310 e. The summed E-state index contributed by atoms with van der Waals surface area (Å²) in [4.78, 5) is 0. The Kier molecular flexibility index (Phi) is 3.87. The Hall–Kier alpha value is -0.830. The van der Waals surface area contributed by atoms with Gasteiger partial charge in [0.05, 0.1) is 6.20 Å². The number of hydrogen-bond acceptors (Lipinski definition) is 2. The van der Waals surface area contributed by atoms with Crippen molar-refractivity contribution in [1.29, 1.82) is 0 Å². The fraction of sp³-hybridized carbons (Fsp3) is 0.786. The predicted molar refractivity (Wildman–Crippen MR) is 70.8 cm³/mol. The Morgan fingerprint density at radius 2 is 2.12 bits per heavy atom. The summed E-state index contributed by atoms with van der Waals surface area (Å²) in [7, 11) is 2.00. The van der Waals surface area contributed by atoms with E-state index in [1.54, 1.807) is 0 Å². The highest BCUT2D eigenvalue weighted by atomic mass is 15.3. The van der Waals surface area contributed by atoms with E-state index >= 15 is 0 Å². The van der Waals surface area contributed by atoms with Crippen LogP contribution in [0.1, 0.15) is 44.4 Å². The van der Waals surface area contributed by atoms with Crippen LogP contribution in [0.4, 0.5) is 0 Å². The zero-order chi connectivity index (χ0) is 12.4. The summed E-state index contributed by atoms with van der Waals surface area (Å²) in [5, 5.41) is 7.97. The lowest BCUT2D eigenvalue weighted by molar-refractivity contribution is 0.225. The zero-order valence-electron chi connectivity index (χ0n) is 11.5. The van der Waals surface area contributed by atoms with Crippen LogP contribution in [0.15, 0.2) is 6.20 Å². The first-order valence-electron chi connectivity index (χ1n) is 6.78. The molecule has 2 rings (SSSR count). The van der Waals surface area contributed by atoms with Gasteiger partial charge in [-0.15, -0.1) is 0 Å². The van der Waals surface area contributed by atoms with Crippen LogP contribution in [-0.4, -0.2) is 15.8 Å². The lowest BCUT2D eigenvalue weighted by Gasteiger charge is -2.32. The molecule has 1 heterocycles. The normalized spacial score (nSPS) is 29.5. The van der Waals surface area contributed by atoms with E-state index in [0.717, 1.165) is 18.4 Å². The lowest BCUT2D eigenvalue weighted by atomic mass is 9.79. The van der Waals surface area contributed by atoms with E-state index in [1.165, 1.54) is 30.5 Å². The van der Waals surface area contributed by atoms with Crippen LogP contribution in [-0.2, 0) is 13.6 Å². The van der Waals surface area contributed by atoms with Crippen LogP contribution in [0.3, 0.4) is 0 Å². The highest BCUT2D eigenvalue weighted by molar-refractivity contribution is 5.15. The molecule has 1 aliphatic rings. The Bertz CT molecular complexity index is 370. The Labute approximate surface area is 105 Å². The van der Waals surface area contributed by atoms with Gasteiger partial charge in [-0.3, -0.25) is 4.68 Å². The number of nitrogens with one attached hydrogen (secondary N) is 1. The van der Waals surface area contributed by atoms with Gasteiger partial charge in [0.15, 0.2) is 0 Å². The third kappa shape index (κ3) is 2.89. The second kappa shape index (κ2) is 5.21. The van der Waals surface area contributed by atoms with Crippen molar-refractivity contribution in [3.8, 4) is 0 Å². The molecule has 0 radical (unpaired) electrons. The van der Waals surface area contributed by atoms with Crippen molar-refractivity contribution in [2.75, 3.05) is 0 Å². The molecule has 0 bridgehead atoms. The molecule has 3 unspecified atom stereocenters. The molecule has 1 N–H and O–H groups in total. The summed E-state index contributed by atoms with van der Waals surface area (Å²) in [6, 6.07) is 0.695. The molecule has 17 heavy (non-hydrogen) atoms. The van der Waals surface area contributed by atoms with Crippen molar-refractivity contribution in [3.63, 3.8) is 0 Å². The van der Waals surface area contributed by atoms with E-state index < -0.39 is 0 Å². The SMILES string of the molecule is Cc1c(CNC2CCC(C)C(C)C2)cnn1C. The predicted octanol–water partition coefficient (Wildman–Crippen LogP) is 2.64. The first-order valence-corrected chi connectivity index (χ1v) is 6.78. The van der Waals surface area contributed by atoms with Crippen molar-refractivity contribution in [2.45, 2.75) is 52.6 Å². The summed E-state index contributed by atoms with van der Waals surface area (Å²) in [5.74, 6) is 1.75. The fourth-order valence-electron chi connectivity index (χ4n) is 2.70. The monoisotopic (exact) mass is 235 g/mol. The van der Waals surface area contributed by atoms with Crippen molar-refractivity contribution in [3.05, 3.63) is 17.5 Å². The third-order valence-electron chi connectivity index (χ3n) is 4.52. The summed E-state index contributed by atoms with van der Waals surface area (Å²) in [5.41, 5.74) is 2.61. The van der Waals surface area contributed by atoms with Crippen molar-refractivity contribution in [1.82, 2.24) is 15.1 Å². The highest BCUT2D eigenvalue weighted by Gasteiger charge is 2.24. The van der Waals surface area contributed by atoms with E-state index in [4.69, 9.17) is 0 Å². The summed E-state index contributed by atoms with van der Waals surface area (Å²) in [6.45, 7) is 7.86. The molecule has 3 nitrogen and oxygen atoms in total. The Morgan fingerprint density at radius 3 is 2.71 bits per heavy atom. The van der Waals surface area contributed by atoms with E-state index in [9.17, 15) is 0 Å². The second-order valence-electron chi connectivity index (χ2n) is 5.72. The Balaban J connectivity index is 1.85. The topological polar surface area (TPSA) is 29.9 Å². The average Bonchev–Trinajstić information content (AvgIpc) is 2.62. The van der Waals surface area contributed by atoms with Gasteiger partial charge in [0.2, 0.25) is 0 Å². The van der Waals surface area contributed by atoms with E-state index in [1.807, 2.05) is 17.9 Å². The number of aryl methyl sites for hydroxylation is 1. The van der Waals surface area contributed by atoms with Crippen LogP contribution in [0.5, 0.6) is 0 Å². The molecule has 1 saturated carbocycles. The van der Waals surface area contributed by atoms with Crippen LogP contribution in [0, 0.1) is 18.8 Å². The van der Waals surface area contributed by atoms with Gasteiger partial charge in [0, 0.05) is 30.9 Å². The molecule has 3 atom stereocenters. The minimum absolute atomic E-state index is 0.695. The average molecular weight is 235 g/mol. The van der Waals surface area contributed by atoms with Gasteiger partial charge >= 0.3 is 0 Å². The van der Waals surface area contributed by atoms with Crippen molar-refractivity contribution >= 4 is 0 Å². The maximum absolute atomic E-state index is 4.28. The smallest absolute Gasteiger partial charge is 0.0537 e. The molecule has 1 aromatic heterocycles. The molecule has 0 spiro atoms. The van der Waals surface area contributed by atoms with Gasteiger partial charge in [-0.1, -0.05) is 13.8 Å².